The standard InChI is InChI=1S/C23H24N4O2/c1-17(19-10-3-5-12-21(19)27-15-7-14-24-27)25-22(28)16-26-20-11-4-2-8-18(20)9-6-13-23(26)29/h2-5,7-8,10-12,14-15,17H,6,9,13,16H2,1H3,(H,25,28). The number of aromatic nitrogens is 2. The van der Waals surface area contributed by atoms with Gasteiger partial charge >= 0.3 is 0 Å². The van der Waals surface area contributed by atoms with E-state index in [4.69, 9.17) is 0 Å². The maximum Gasteiger partial charge on any atom is 0.240 e. The van der Waals surface area contributed by atoms with Crippen LogP contribution in [0.15, 0.2) is 67.0 Å². The van der Waals surface area contributed by atoms with E-state index in [-0.39, 0.29) is 24.4 Å². The molecule has 2 amide bonds. The molecule has 29 heavy (non-hydrogen) atoms. The van der Waals surface area contributed by atoms with Crippen LogP contribution in [0.25, 0.3) is 5.69 Å². The first kappa shape index (κ1) is 18.9. The fourth-order valence-electron chi connectivity index (χ4n) is 3.84. The van der Waals surface area contributed by atoms with E-state index in [1.807, 2.05) is 67.7 Å². The molecule has 0 saturated heterocycles. The highest BCUT2D eigenvalue weighted by molar-refractivity contribution is 5.99. The van der Waals surface area contributed by atoms with Crippen LogP contribution >= 0.6 is 0 Å². The molecule has 6 nitrogen and oxygen atoms in total. The van der Waals surface area contributed by atoms with Crippen molar-refractivity contribution in [3.05, 3.63) is 78.1 Å². The Hall–Kier alpha value is -3.41. The van der Waals surface area contributed by atoms with E-state index in [1.165, 1.54) is 0 Å². The SMILES string of the molecule is CC(NC(=O)CN1C(=O)CCCc2ccccc21)c1ccccc1-n1cccn1. The molecule has 148 valence electrons. The first-order valence-corrected chi connectivity index (χ1v) is 9.90. The van der Waals surface area contributed by atoms with Gasteiger partial charge in [0.2, 0.25) is 11.8 Å². The predicted octanol–water partition coefficient (Wildman–Crippen LogP) is 3.42. The van der Waals surface area contributed by atoms with Crippen LogP contribution in [0.2, 0.25) is 0 Å². The molecule has 0 aliphatic carbocycles. The third kappa shape index (κ3) is 4.06. The number of hydrogen-bond acceptors (Lipinski definition) is 3. The lowest BCUT2D eigenvalue weighted by molar-refractivity contribution is -0.124. The van der Waals surface area contributed by atoms with Crippen molar-refractivity contribution in [2.24, 2.45) is 0 Å². The Morgan fingerprint density at radius 1 is 1.07 bits per heavy atom. The van der Waals surface area contributed by atoms with Crippen LogP contribution in [0, 0.1) is 0 Å². The number of para-hydroxylation sites is 2. The second-order valence-corrected chi connectivity index (χ2v) is 7.26. The molecule has 1 atom stereocenters. The molecule has 2 heterocycles. The van der Waals surface area contributed by atoms with Crippen molar-refractivity contribution in [2.45, 2.75) is 32.2 Å². The van der Waals surface area contributed by atoms with Gasteiger partial charge in [0.05, 0.1) is 11.7 Å². The molecular formula is C23H24N4O2. The van der Waals surface area contributed by atoms with Crippen molar-refractivity contribution in [2.75, 3.05) is 11.4 Å². The summed E-state index contributed by atoms with van der Waals surface area (Å²) in [4.78, 5) is 27.1. The third-order valence-electron chi connectivity index (χ3n) is 5.25. The highest BCUT2D eigenvalue weighted by Crippen LogP contribution is 2.27. The molecular weight excluding hydrogens is 364 g/mol. The van der Waals surface area contributed by atoms with Crippen molar-refractivity contribution in [1.29, 1.82) is 0 Å². The lowest BCUT2D eigenvalue weighted by Crippen LogP contribution is -2.41. The molecule has 0 bridgehead atoms. The zero-order valence-corrected chi connectivity index (χ0v) is 16.4. The first-order valence-electron chi connectivity index (χ1n) is 9.90. The van der Waals surface area contributed by atoms with Gasteiger partial charge in [0.1, 0.15) is 6.54 Å². The van der Waals surface area contributed by atoms with Crippen molar-refractivity contribution in [3.63, 3.8) is 0 Å². The first-order chi connectivity index (χ1) is 14.1. The highest BCUT2D eigenvalue weighted by Gasteiger charge is 2.25. The van der Waals surface area contributed by atoms with Gasteiger partial charge in [-0.05, 0) is 49.1 Å². The van der Waals surface area contributed by atoms with Crippen LogP contribution < -0.4 is 10.2 Å². The Labute approximate surface area is 170 Å². The second kappa shape index (κ2) is 8.31. The van der Waals surface area contributed by atoms with Crippen LogP contribution in [-0.2, 0) is 16.0 Å². The van der Waals surface area contributed by atoms with Crippen LogP contribution in [0.3, 0.4) is 0 Å². The number of amides is 2. The molecule has 0 saturated carbocycles. The molecule has 3 aromatic rings. The maximum absolute atomic E-state index is 12.8. The van der Waals surface area contributed by atoms with Gasteiger partial charge in [0.15, 0.2) is 0 Å². The minimum absolute atomic E-state index is 0.00491. The quantitative estimate of drug-likeness (QED) is 0.728. The average Bonchev–Trinajstić information content (AvgIpc) is 3.22. The number of anilines is 1. The highest BCUT2D eigenvalue weighted by atomic mass is 16.2. The van der Waals surface area contributed by atoms with E-state index in [9.17, 15) is 9.59 Å². The largest absolute Gasteiger partial charge is 0.348 e. The van der Waals surface area contributed by atoms with Crippen LogP contribution in [0.4, 0.5) is 5.69 Å². The summed E-state index contributed by atoms with van der Waals surface area (Å²) < 4.78 is 1.78. The zero-order chi connectivity index (χ0) is 20.2. The van der Waals surface area contributed by atoms with Gasteiger partial charge in [-0.2, -0.15) is 5.10 Å². The number of aryl methyl sites for hydroxylation is 1. The maximum atomic E-state index is 12.8. The van der Waals surface area contributed by atoms with E-state index < -0.39 is 0 Å². The monoisotopic (exact) mass is 388 g/mol. The van der Waals surface area contributed by atoms with Gasteiger partial charge in [-0.3, -0.25) is 9.59 Å². The Bertz CT molecular complexity index is 1010. The summed E-state index contributed by atoms with van der Waals surface area (Å²) in [5.74, 6) is -0.187. The molecule has 1 N–H and O–H groups in total. The predicted molar refractivity (Wildman–Crippen MR) is 112 cm³/mol. The Morgan fingerprint density at radius 2 is 1.83 bits per heavy atom. The van der Waals surface area contributed by atoms with Crippen LogP contribution in [-0.4, -0.2) is 28.1 Å². The summed E-state index contributed by atoms with van der Waals surface area (Å²) in [6, 6.07) is 17.3. The van der Waals surface area contributed by atoms with Gasteiger partial charge in [-0.15, -0.1) is 0 Å². The van der Waals surface area contributed by atoms with Crippen LogP contribution in [0.5, 0.6) is 0 Å². The normalized spacial score (nSPS) is 14.8. The Balaban J connectivity index is 1.51. The van der Waals surface area contributed by atoms with Crippen molar-refractivity contribution < 1.29 is 9.59 Å². The summed E-state index contributed by atoms with van der Waals surface area (Å²) in [6.45, 7) is 1.96. The summed E-state index contributed by atoms with van der Waals surface area (Å²) in [5.41, 5.74) is 3.84. The fourth-order valence-corrected chi connectivity index (χ4v) is 3.84. The molecule has 1 unspecified atom stereocenters. The van der Waals surface area contributed by atoms with Gasteiger partial charge in [-0.1, -0.05) is 36.4 Å². The number of carbonyl (C=O) groups excluding carboxylic acids is 2. The summed E-state index contributed by atoms with van der Waals surface area (Å²) >= 11 is 0. The van der Waals surface area contributed by atoms with E-state index >= 15 is 0 Å². The zero-order valence-electron chi connectivity index (χ0n) is 16.4. The van der Waals surface area contributed by atoms with Crippen molar-refractivity contribution in [1.82, 2.24) is 15.1 Å². The van der Waals surface area contributed by atoms with E-state index in [2.05, 4.69) is 10.4 Å². The van der Waals surface area contributed by atoms with Crippen LogP contribution in [0.1, 0.15) is 36.9 Å². The smallest absolute Gasteiger partial charge is 0.240 e. The summed E-state index contributed by atoms with van der Waals surface area (Å²) in [7, 11) is 0. The number of carbonyl (C=O) groups is 2. The molecule has 1 aliphatic heterocycles. The molecule has 0 radical (unpaired) electrons. The molecule has 4 rings (SSSR count). The van der Waals surface area contributed by atoms with E-state index in [0.717, 1.165) is 35.3 Å². The molecule has 1 aromatic heterocycles. The van der Waals surface area contributed by atoms with E-state index in [1.54, 1.807) is 15.8 Å². The number of fused-ring (bicyclic) bond motifs is 1. The molecule has 0 spiro atoms. The Morgan fingerprint density at radius 3 is 2.62 bits per heavy atom. The Kier molecular flexibility index (Phi) is 5.42. The molecule has 0 fully saturated rings. The minimum Gasteiger partial charge on any atom is -0.348 e. The third-order valence-corrected chi connectivity index (χ3v) is 5.25. The minimum atomic E-state index is -0.222. The fraction of sp³-hybridized carbons (Fsp3) is 0.261. The lowest BCUT2D eigenvalue weighted by atomic mass is 10.1. The lowest BCUT2D eigenvalue weighted by Gasteiger charge is -2.24. The summed E-state index contributed by atoms with van der Waals surface area (Å²) in [5, 5.41) is 7.34. The van der Waals surface area contributed by atoms with Gasteiger partial charge in [-0.25, -0.2) is 4.68 Å². The molecule has 6 heteroatoms. The average molecular weight is 388 g/mol. The second-order valence-electron chi connectivity index (χ2n) is 7.26. The number of nitrogens with one attached hydrogen (secondary N) is 1. The molecule has 2 aromatic carbocycles. The number of benzene rings is 2. The number of hydrogen-bond donors (Lipinski definition) is 1. The van der Waals surface area contributed by atoms with Gasteiger partial charge in [0, 0.05) is 24.5 Å². The van der Waals surface area contributed by atoms with Crippen molar-refractivity contribution >= 4 is 17.5 Å². The molecule has 1 aliphatic rings. The van der Waals surface area contributed by atoms with Crippen molar-refractivity contribution in [3.8, 4) is 5.69 Å². The number of rotatable bonds is 5. The van der Waals surface area contributed by atoms with Gasteiger partial charge in [0.25, 0.3) is 0 Å². The summed E-state index contributed by atoms with van der Waals surface area (Å²) in [6.07, 6.45) is 5.72. The van der Waals surface area contributed by atoms with Gasteiger partial charge < -0.3 is 10.2 Å². The number of nitrogens with zero attached hydrogens (tertiary/aromatic N) is 3. The topological polar surface area (TPSA) is 67.2 Å². The van der Waals surface area contributed by atoms with E-state index in [0.29, 0.717) is 6.42 Å².